The molecule has 0 fully saturated rings. The van der Waals surface area contributed by atoms with Crippen LogP contribution in [0.4, 0.5) is 0 Å². The molecule has 122 heavy (non-hydrogen) atoms. The van der Waals surface area contributed by atoms with E-state index >= 15 is 0 Å². The summed E-state index contributed by atoms with van der Waals surface area (Å²) in [5.41, 5.74) is 30.3. The maximum absolute atomic E-state index is 7.40. The van der Waals surface area contributed by atoms with Gasteiger partial charge in [0.15, 0.2) is 0 Å². The van der Waals surface area contributed by atoms with Crippen molar-refractivity contribution in [2.75, 3.05) is 0 Å². The van der Waals surface area contributed by atoms with E-state index < -0.39 is 0 Å². The van der Waals surface area contributed by atoms with Crippen molar-refractivity contribution in [2.24, 2.45) is 0 Å². The molecule has 0 saturated carbocycles. The van der Waals surface area contributed by atoms with Gasteiger partial charge in [-0.05, 0) is 196 Å². The molecule has 0 N–H and O–H groups in total. The molecule has 18 aromatic carbocycles. The van der Waals surface area contributed by atoms with Gasteiger partial charge in [-0.3, -0.25) is 9.13 Å². The third-order valence-electron chi connectivity index (χ3n) is 25.2. The predicted molar refractivity (Wildman–Crippen MR) is 503 cm³/mol. The molecule has 566 valence electrons. The lowest BCUT2D eigenvalue weighted by molar-refractivity contribution is 0.669. The molecule has 0 aliphatic rings. The number of fused-ring (bicyclic) bond motifs is 20. The maximum atomic E-state index is 7.40. The van der Waals surface area contributed by atoms with Crippen molar-refractivity contribution in [3.8, 4) is 101 Å². The fourth-order valence-electron chi connectivity index (χ4n) is 19.8. The smallest absolute Gasteiger partial charge is 0.235 e. The average Bonchev–Trinajstić information content (AvgIpc) is 1.57. The molecule has 0 aliphatic carbocycles. The van der Waals surface area contributed by atoms with Crippen LogP contribution >= 0.6 is 0 Å². The molecule has 0 bridgehead atoms. The number of nitrogens with zero attached hydrogens (tertiary/aromatic N) is 8. The Morgan fingerprint density at radius 3 is 1.16 bits per heavy atom. The Morgan fingerprint density at radius 2 is 0.549 bits per heavy atom. The van der Waals surface area contributed by atoms with Gasteiger partial charge in [0.25, 0.3) is 0 Å². The third kappa shape index (κ3) is 10.2. The Morgan fingerprint density at radius 1 is 0.180 bits per heavy atom. The van der Waals surface area contributed by atoms with Crippen molar-refractivity contribution in [3.63, 3.8) is 0 Å². The summed E-state index contributed by atoms with van der Waals surface area (Å²) in [6.07, 6.45) is 0. The van der Waals surface area contributed by atoms with E-state index in [1.54, 1.807) is 0 Å². The van der Waals surface area contributed by atoms with E-state index in [9.17, 15) is 0 Å². The molecule has 10 nitrogen and oxygen atoms in total. The first-order valence-corrected chi connectivity index (χ1v) is 41.4. The molecule has 10 heteroatoms. The van der Waals surface area contributed by atoms with Gasteiger partial charge in [0, 0.05) is 103 Å². The number of para-hydroxylation sites is 8. The van der Waals surface area contributed by atoms with Gasteiger partial charge in [0.1, 0.15) is 22.3 Å². The number of rotatable bonds is 11. The van der Waals surface area contributed by atoms with Gasteiger partial charge in [-0.2, -0.15) is 0 Å². The number of aromatic nitrogens is 8. The first-order valence-electron chi connectivity index (χ1n) is 41.4. The zero-order valence-electron chi connectivity index (χ0n) is 65.5. The van der Waals surface area contributed by atoms with Crippen LogP contribution in [0.3, 0.4) is 0 Å². The minimum atomic E-state index is 0.574. The maximum Gasteiger partial charge on any atom is 0.235 e. The molecule has 0 amide bonds. The number of furan rings is 2. The fraction of sp³-hybridized carbons (Fsp3) is 0. The Labute approximate surface area is 697 Å². The molecule has 0 radical (unpaired) electrons. The van der Waals surface area contributed by atoms with Crippen LogP contribution in [0.2, 0.25) is 0 Å². The molecule has 8 heterocycles. The molecular formula is C112H66N8O2. The van der Waals surface area contributed by atoms with Gasteiger partial charge in [0.05, 0.1) is 66.6 Å². The van der Waals surface area contributed by atoms with Crippen LogP contribution in [-0.4, -0.2) is 38.2 Å². The normalized spacial score (nSPS) is 12.1. The summed E-state index contributed by atoms with van der Waals surface area (Å²) >= 11 is 0. The largest absolute Gasteiger partial charge is 0.456 e. The lowest BCUT2D eigenvalue weighted by Gasteiger charge is -2.13. The second-order valence-corrected chi connectivity index (χ2v) is 31.9. The molecule has 26 rings (SSSR count). The van der Waals surface area contributed by atoms with Crippen molar-refractivity contribution < 1.29 is 8.83 Å². The van der Waals surface area contributed by atoms with E-state index in [4.69, 9.17) is 28.8 Å². The monoisotopic (exact) mass is 1550 g/mol. The molecular weight excluding hydrogens is 1490 g/mol. The fourth-order valence-corrected chi connectivity index (χ4v) is 19.8. The lowest BCUT2D eigenvalue weighted by atomic mass is 9.92. The summed E-state index contributed by atoms with van der Waals surface area (Å²) in [6.45, 7) is 0. The Hall–Kier alpha value is -16.6. The van der Waals surface area contributed by atoms with Crippen LogP contribution in [0.25, 0.3) is 254 Å². The van der Waals surface area contributed by atoms with E-state index in [0.717, 1.165) is 210 Å². The third-order valence-corrected chi connectivity index (χ3v) is 25.2. The van der Waals surface area contributed by atoms with E-state index in [2.05, 4.69) is 407 Å². The quantitative estimate of drug-likeness (QED) is 0.128. The first kappa shape index (κ1) is 67.6. The Bertz CT molecular complexity index is 8910. The van der Waals surface area contributed by atoms with E-state index in [-0.39, 0.29) is 0 Å². The Kier molecular flexibility index (Phi) is 14.7. The molecule has 0 atom stereocenters. The van der Waals surface area contributed by atoms with Crippen LogP contribution in [0.1, 0.15) is 0 Å². The summed E-state index contributed by atoms with van der Waals surface area (Å²) in [7, 11) is 0. The first-order chi connectivity index (χ1) is 60.5. The second-order valence-electron chi connectivity index (χ2n) is 31.9. The number of hydrogen-bond donors (Lipinski definition) is 0. The van der Waals surface area contributed by atoms with Gasteiger partial charge in [-0.1, -0.05) is 255 Å². The zero-order valence-corrected chi connectivity index (χ0v) is 65.5. The van der Waals surface area contributed by atoms with Crippen molar-refractivity contribution >= 4 is 153 Å². The topological polar surface area (TPSA) is 97.6 Å². The highest BCUT2D eigenvalue weighted by atomic mass is 16.3. The van der Waals surface area contributed by atoms with Gasteiger partial charge in [-0.15, -0.1) is 0 Å². The summed E-state index contributed by atoms with van der Waals surface area (Å²) in [6, 6.07) is 144. The van der Waals surface area contributed by atoms with Crippen LogP contribution in [-0.2, 0) is 0 Å². The minimum absolute atomic E-state index is 0.574. The molecule has 0 unspecified atom stereocenters. The summed E-state index contributed by atoms with van der Waals surface area (Å²) in [4.78, 5) is 21.9. The standard InChI is InChI=1S/C112H66N8O2/c1-4-25-67(26-5-1)108-84-36-10-16-41-92(84)113-111(115-108)119-95-44-19-13-34-82(95)87-62-68(49-56-99(87)119)69-52-59-103-91(63-69)107-79(72-50-57-98-88(65-72)81-33-12-18-43-94(81)117(98)75-29-6-2-7-30-75)54-55-80(110(107)122-103)70-27-22-28-74(61-70)109-85-37-11-17-42-93(85)114-112(116-109)120-96-45-20-14-35-83(96)89-64-71(51-58-100(89)120)78-40-24-48-104-106(78)90-66-73(53-60-102(90)121-104)77-39-23-47-101-105(77)86-38-15-21-46-97(86)118(101)76-31-8-3-9-32-76/h1-66H. The van der Waals surface area contributed by atoms with Crippen molar-refractivity contribution in [2.45, 2.75) is 0 Å². The second kappa shape index (κ2) is 26.5. The highest BCUT2D eigenvalue weighted by Gasteiger charge is 2.27. The summed E-state index contributed by atoms with van der Waals surface area (Å²) in [5.74, 6) is 1.19. The molecule has 26 aromatic rings. The highest BCUT2D eigenvalue weighted by molar-refractivity contribution is 6.22. The van der Waals surface area contributed by atoms with Crippen LogP contribution in [0.15, 0.2) is 409 Å². The number of benzene rings is 18. The number of hydrogen-bond acceptors (Lipinski definition) is 6. The van der Waals surface area contributed by atoms with Crippen LogP contribution in [0.5, 0.6) is 0 Å². The van der Waals surface area contributed by atoms with Crippen LogP contribution in [0, 0.1) is 0 Å². The van der Waals surface area contributed by atoms with Crippen molar-refractivity contribution in [1.29, 1.82) is 0 Å². The highest BCUT2D eigenvalue weighted by Crippen LogP contribution is 2.49. The van der Waals surface area contributed by atoms with Gasteiger partial charge < -0.3 is 18.0 Å². The van der Waals surface area contributed by atoms with Crippen molar-refractivity contribution in [1.82, 2.24) is 38.2 Å². The van der Waals surface area contributed by atoms with Crippen molar-refractivity contribution in [3.05, 3.63) is 400 Å². The van der Waals surface area contributed by atoms with Gasteiger partial charge in [-0.25, -0.2) is 19.9 Å². The van der Waals surface area contributed by atoms with E-state index in [1.165, 1.54) is 32.6 Å². The minimum Gasteiger partial charge on any atom is -0.456 e. The zero-order chi connectivity index (χ0) is 79.8. The predicted octanol–water partition coefficient (Wildman–Crippen LogP) is 29.4. The molecule has 8 aromatic heterocycles. The molecule has 0 spiro atoms. The SMILES string of the molecule is c1ccc(-c2nc(-n3c4ccccc4c4cc(-c5ccc6oc7c(-c8cccc(-c9nc(-n%10c%11ccccc%11c%11cc(-c%12cccc%13oc%14ccc(-c%15cccc%16c%15c%15ccccc%15n%16-c%15ccccc%15)cc%14c%12%13)ccc%11%10)nc%10ccccc9%10)c8)ccc(-c8ccc9c(c8)c8ccccc8n9-c8ccccc8)c7c6c5)ccc43)nc3ccccc23)cc1. The lowest BCUT2D eigenvalue weighted by Crippen LogP contribution is -2.03. The van der Waals surface area contributed by atoms with Gasteiger partial charge >= 0.3 is 0 Å². The van der Waals surface area contributed by atoms with E-state index in [0.29, 0.717) is 11.9 Å². The van der Waals surface area contributed by atoms with E-state index in [1.807, 2.05) is 12.1 Å². The summed E-state index contributed by atoms with van der Waals surface area (Å²) in [5, 5.41) is 15.3. The molecule has 0 saturated heterocycles. The summed E-state index contributed by atoms with van der Waals surface area (Å²) < 4.78 is 23.4. The Balaban J connectivity index is 0.611. The van der Waals surface area contributed by atoms with Gasteiger partial charge in [0.2, 0.25) is 11.9 Å². The molecule has 0 aliphatic heterocycles. The van der Waals surface area contributed by atoms with Crippen LogP contribution < -0.4 is 0 Å². The average molecular weight is 1560 g/mol.